The van der Waals surface area contributed by atoms with Gasteiger partial charge in [-0.25, -0.2) is 4.98 Å². The Labute approximate surface area is 137 Å². The summed E-state index contributed by atoms with van der Waals surface area (Å²) in [6.07, 6.45) is 3.35. The van der Waals surface area contributed by atoms with Crippen molar-refractivity contribution in [1.82, 2.24) is 9.88 Å². The van der Waals surface area contributed by atoms with Crippen molar-refractivity contribution in [3.63, 3.8) is 0 Å². The third-order valence-electron chi connectivity index (χ3n) is 3.74. The van der Waals surface area contributed by atoms with E-state index in [1.165, 1.54) is 11.1 Å². The third-order valence-corrected chi connectivity index (χ3v) is 4.48. The smallest absolute Gasteiger partial charge is 0.257 e. The first-order chi connectivity index (χ1) is 10.1. The van der Waals surface area contributed by atoms with Gasteiger partial charge in [0.05, 0.1) is 5.56 Å². The number of fused-ring (bicyclic) bond motifs is 1. The van der Waals surface area contributed by atoms with E-state index in [2.05, 4.69) is 33.0 Å². The molecule has 1 aromatic carbocycles. The summed E-state index contributed by atoms with van der Waals surface area (Å²) < 4.78 is 0.758. The van der Waals surface area contributed by atoms with Crippen LogP contribution in [-0.4, -0.2) is 28.9 Å². The van der Waals surface area contributed by atoms with Crippen molar-refractivity contribution in [2.45, 2.75) is 12.8 Å². The maximum Gasteiger partial charge on any atom is 0.257 e. The minimum Gasteiger partial charge on any atom is -0.338 e. The number of aromatic nitrogens is 1. The summed E-state index contributed by atoms with van der Waals surface area (Å²) in [4.78, 5) is 18.5. The molecule has 3 nitrogen and oxygen atoms in total. The van der Waals surface area contributed by atoms with Gasteiger partial charge in [0.15, 0.2) is 0 Å². The van der Waals surface area contributed by atoms with Crippen molar-refractivity contribution in [3.05, 3.63) is 62.8 Å². The van der Waals surface area contributed by atoms with E-state index in [9.17, 15) is 4.79 Å². The summed E-state index contributed by atoms with van der Waals surface area (Å²) in [5.74, 6) is -0.0541. The second-order valence-corrected chi connectivity index (χ2v) is 6.33. The predicted octanol–water partition coefficient (Wildman–Crippen LogP) is 3.74. The fraction of sp³-hybridized carbons (Fsp3) is 0.250. The highest BCUT2D eigenvalue weighted by Crippen LogP contribution is 2.22. The maximum atomic E-state index is 12.7. The number of carbonyl (C=O) groups excluding carboxylic acids is 1. The normalized spacial score (nSPS) is 14.5. The molecule has 0 N–H and O–H groups in total. The standard InChI is InChI=1S/C16H14BrClN2O/c17-13-9-14(15(18)19-10-13)16(21)20-7-5-11-3-1-2-4-12(11)6-8-20/h1-4,9-10H,5-8H2. The highest BCUT2D eigenvalue weighted by atomic mass is 79.9. The van der Waals surface area contributed by atoms with Crippen LogP contribution >= 0.6 is 27.5 Å². The summed E-state index contributed by atoms with van der Waals surface area (Å²) in [5, 5.41) is 0.255. The Hall–Kier alpha value is -1.39. The van der Waals surface area contributed by atoms with Gasteiger partial charge in [0.1, 0.15) is 5.15 Å². The summed E-state index contributed by atoms with van der Waals surface area (Å²) in [5.41, 5.74) is 3.11. The van der Waals surface area contributed by atoms with Crippen LogP contribution in [0, 0.1) is 0 Å². The molecule has 0 bridgehead atoms. The lowest BCUT2D eigenvalue weighted by molar-refractivity contribution is 0.0763. The summed E-state index contributed by atoms with van der Waals surface area (Å²) in [7, 11) is 0. The molecule has 3 rings (SSSR count). The van der Waals surface area contributed by atoms with Gasteiger partial charge in [-0.05, 0) is 46.0 Å². The maximum absolute atomic E-state index is 12.7. The molecule has 108 valence electrons. The average Bonchev–Trinajstić information content (AvgIpc) is 2.71. The molecule has 0 spiro atoms. The van der Waals surface area contributed by atoms with Gasteiger partial charge < -0.3 is 4.90 Å². The van der Waals surface area contributed by atoms with Gasteiger partial charge in [0, 0.05) is 23.8 Å². The zero-order valence-corrected chi connectivity index (χ0v) is 13.7. The molecule has 1 aliphatic rings. The number of hydrogen-bond donors (Lipinski definition) is 0. The molecule has 1 amide bonds. The van der Waals surface area contributed by atoms with Crippen LogP contribution in [0.2, 0.25) is 5.15 Å². The molecule has 0 unspecified atom stereocenters. The Morgan fingerprint density at radius 3 is 2.43 bits per heavy atom. The Balaban J connectivity index is 1.82. The van der Waals surface area contributed by atoms with Gasteiger partial charge in [0.2, 0.25) is 0 Å². The van der Waals surface area contributed by atoms with Crippen LogP contribution in [-0.2, 0) is 12.8 Å². The molecule has 0 radical (unpaired) electrons. The fourth-order valence-electron chi connectivity index (χ4n) is 2.61. The Bertz CT molecular complexity index is 663. The summed E-state index contributed by atoms with van der Waals surface area (Å²) in [6.45, 7) is 1.41. The first-order valence-electron chi connectivity index (χ1n) is 6.82. The van der Waals surface area contributed by atoms with Crippen molar-refractivity contribution < 1.29 is 4.79 Å². The van der Waals surface area contributed by atoms with Crippen molar-refractivity contribution in [1.29, 1.82) is 0 Å². The zero-order valence-electron chi connectivity index (χ0n) is 11.4. The fourth-order valence-corrected chi connectivity index (χ4v) is 3.13. The van der Waals surface area contributed by atoms with Crippen LogP contribution in [0.25, 0.3) is 0 Å². The predicted molar refractivity (Wildman–Crippen MR) is 86.7 cm³/mol. The number of carbonyl (C=O) groups is 1. The monoisotopic (exact) mass is 364 g/mol. The van der Waals surface area contributed by atoms with E-state index in [-0.39, 0.29) is 11.1 Å². The van der Waals surface area contributed by atoms with Crippen LogP contribution in [0.5, 0.6) is 0 Å². The summed E-state index contributed by atoms with van der Waals surface area (Å²) in [6, 6.07) is 10.1. The highest BCUT2D eigenvalue weighted by Gasteiger charge is 2.22. The molecular weight excluding hydrogens is 352 g/mol. The first-order valence-corrected chi connectivity index (χ1v) is 7.99. The van der Waals surface area contributed by atoms with E-state index in [4.69, 9.17) is 11.6 Å². The van der Waals surface area contributed by atoms with Crippen LogP contribution in [0.15, 0.2) is 41.0 Å². The van der Waals surface area contributed by atoms with Crippen LogP contribution in [0.1, 0.15) is 21.5 Å². The highest BCUT2D eigenvalue weighted by molar-refractivity contribution is 9.10. The molecule has 2 heterocycles. The number of rotatable bonds is 1. The molecule has 0 saturated carbocycles. The molecule has 0 aliphatic carbocycles. The van der Waals surface area contributed by atoms with E-state index < -0.39 is 0 Å². The van der Waals surface area contributed by atoms with Gasteiger partial charge in [0.25, 0.3) is 5.91 Å². The van der Waals surface area contributed by atoms with Gasteiger partial charge in [-0.3, -0.25) is 4.79 Å². The van der Waals surface area contributed by atoms with Gasteiger partial charge in [-0.15, -0.1) is 0 Å². The van der Waals surface area contributed by atoms with Gasteiger partial charge >= 0.3 is 0 Å². The van der Waals surface area contributed by atoms with Crippen LogP contribution in [0.4, 0.5) is 0 Å². The van der Waals surface area contributed by atoms with Crippen molar-refractivity contribution in [2.24, 2.45) is 0 Å². The number of nitrogens with zero attached hydrogens (tertiary/aromatic N) is 2. The van der Waals surface area contributed by atoms with E-state index in [1.807, 2.05) is 17.0 Å². The second kappa shape index (κ2) is 6.16. The third kappa shape index (κ3) is 3.11. The Morgan fingerprint density at radius 2 is 1.81 bits per heavy atom. The molecule has 2 aromatic rings. The van der Waals surface area contributed by atoms with E-state index in [0.29, 0.717) is 18.7 Å². The van der Waals surface area contributed by atoms with Crippen molar-refractivity contribution in [3.8, 4) is 0 Å². The van der Waals surface area contributed by atoms with E-state index in [1.54, 1.807) is 12.3 Å². The first kappa shape index (κ1) is 14.5. The van der Waals surface area contributed by atoms with Crippen molar-refractivity contribution in [2.75, 3.05) is 13.1 Å². The Morgan fingerprint density at radius 1 is 1.19 bits per heavy atom. The average molecular weight is 366 g/mol. The number of hydrogen-bond acceptors (Lipinski definition) is 2. The van der Waals surface area contributed by atoms with Crippen LogP contribution < -0.4 is 0 Å². The van der Waals surface area contributed by atoms with E-state index in [0.717, 1.165) is 17.3 Å². The molecule has 0 saturated heterocycles. The van der Waals surface area contributed by atoms with Crippen molar-refractivity contribution >= 4 is 33.4 Å². The topological polar surface area (TPSA) is 33.2 Å². The number of pyridine rings is 1. The SMILES string of the molecule is O=C(c1cc(Br)cnc1Cl)N1CCc2ccccc2CC1. The Kier molecular flexibility index (Phi) is 4.27. The largest absolute Gasteiger partial charge is 0.338 e. The summed E-state index contributed by atoms with van der Waals surface area (Å²) >= 11 is 9.40. The molecule has 1 aromatic heterocycles. The number of halogens is 2. The minimum atomic E-state index is -0.0541. The molecule has 21 heavy (non-hydrogen) atoms. The zero-order chi connectivity index (χ0) is 14.8. The molecular formula is C16H14BrClN2O. The molecule has 0 fully saturated rings. The number of benzene rings is 1. The molecule has 0 atom stereocenters. The molecule has 1 aliphatic heterocycles. The second-order valence-electron chi connectivity index (χ2n) is 5.05. The quantitative estimate of drug-likeness (QED) is 0.721. The lowest BCUT2D eigenvalue weighted by Crippen LogP contribution is -2.33. The lowest BCUT2D eigenvalue weighted by atomic mass is 10.0. The van der Waals surface area contributed by atoms with E-state index >= 15 is 0 Å². The number of amides is 1. The molecule has 5 heteroatoms. The van der Waals surface area contributed by atoms with Gasteiger partial charge in [-0.2, -0.15) is 0 Å². The minimum absolute atomic E-state index is 0.0541. The lowest BCUT2D eigenvalue weighted by Gasteiger charge is -2.20. The van der Waals surface area contributed by atoms with Crippen LogP contribution in [0.3, 0.4) is 0 Å². The van der Waals surface area contributed by atoms with Gasteiger partial charge in [-0.1, -0.05) is 35.9 Å².